The summed E-state index contributed by atoms with van der Waals surface area (Å²) in [6.07, 6.45) is 0. The van der Waals surface area contributed by atoms with E-state index in [-0.39, 0.29) is 29.8 Å². The summed E-state index contributed by atoms with van der Waals surface area (Å²) in [6, 6.07) is 22.3. The molecule has 3 heterocycles. The van der Waals surface area contributed by atoms with Crippen LogP contribution in [0.5, 0.6) is 5.75 Å². The second kappa shape index (κ2) is 12.1. The van der Waals surface area contributed by atoms with Gasteiger partial charge in [-0.3, -0.25) is 23.7 Å². The number of aromatic nitrogens is 1. The highest BCUT2D eigenvalue weighted by molar-refractivity contribution is 8.00. The lowest BCUT2D eigenvalue weighted by Crippen LogP contribution is -2.33. The number of benzene rings is 3. The molecule has 10 nitrogen and oxygen atoms in total. The van der Waals surface area contributed by atoms with Crippen LogP contribution in [0.1, 0.15) is 33.6 Å². The number of thiazole rings is 1. The number of amides is 3. The lowest BCUT2D eigenvalue weighted by molar-refractivity contribution is -0.122. The van der Waals surface area contributed by atoms with Crippen molar-refractivity contribution in [3.63, 3.8) is 0 Å². The molecule has 44 heavy (non-hydrogen) atoms. The molecule has 6 rings (SSSR count). The lowest BCUT2D eigenvalue weighted by Gasteiger charge is -2.31. The molecule has 224 valence electrons. The molecule has 3 atom stereocenters. The zero-order chi connectivity index (χ0) is 31.0. The largest absolute Gasteiger partial charge is 0.496 e. The number of para-hydroxylation sites is 2. The van der Waals surface area contributed by atoms with Crippen LogP contribution in [0.2, 0.25) is 0 Å². The highest BCUT2D eigenvalue weighted by Gasteiger charge is 2.57. The Morgan fingerprint density at radius 2 is 1.61 bits per heavy atom. The number of methoxy groups -OCH3 is 1. The molecular weight excluding hydrogens is 603 g/mol. The molecule has 3 unspecified atom stereocenters. The van der Waals surface area contributed by atoms with Crippen LogP contribution in [0.15, 0.2) is 88.7 Å². The quantitative estimate of drug-likeness (QED) is 0.223. The molecule has 3 aromatic carbocycles. The molecule has 12 heteroatoms. The lowest BCUT2D eigenvalue weighted by atomic mass is 9.82. The van der Waals surface area contributed by atoms with Crippen LogP contribution in [-0.2, 0) is 25.7 Å². The van der Waals surface area contributed by atoms with Crippen molar-refractivity contribution in [2.45, 2.75) is 29.7 Å². The van der Waals surface area contributed by atoms with Crippen molar-refractivity contribution in [2.75, 3.05) is 23.9 Å². The van der Waals surface area contributed by atoms with E-state index in [1.165, 1.54) is 16.6 Å². The van der Waals surface area contributed by atoms with Gasteiger partial charge >= 0.3 is 10.8 Å². The van der Waals surface area contributed by atoms with Gasteiger partial charge in [0.05, 0.1) is 35.9 Å². The Morgan fingerprint density at radius 1 is 0.909 bits per heavy atom. The predicted molar refractivity (Wildman–Crippen MR) is 167 cm³/mol. The van der Waals surface area contributed by atoms with Crippen molar-refractivity contribution in [2.24, 2.45) is 5.92 Å². The molecule has 2 aliphatic heterocycles. The van der Waals surface area contributed by atoms with Crippen molar-refractivity contribution >= 4 is 58.2 Å². The molecule has 1 fully saturated rings. The van der Waals surface area contributed by atoms with E-state index in [0.29, 0.717) is 38.2 Å². The van der Waals surface area contributed by atoms with E-state index in [2.05, 4.69) is 5.32 Å². The van der Waals surface area contributed by atoms with Crippen molar-refractivity contribution in [1.82, 2.24) is 4.57 Å². The molecule has 0 radical (unpaired) electrons. The number of imide groups is 1. The summed E-state index contributed by atoms with van der Waals surface area (Å²) < 4.78 is 12.0. The summed E-state index contributed by atoms with van der Waals surface area (Å²) in [5, 5.41) is 2.42. The number of nitrogens with zero attached hydrogens (tertiary/aromatic N) is 2. The van der Waals surface area contributed by atoms with Crippen molar-refractivity contribution in [3.8, 4) is 5.75 Å². The van der Waals surface area contributed by atoms with Gasteiger partial charge in [-0.15, -0.1) is 0 Å². The van der Waals surface area contributed by atoms with Crippen LogP contribution >= 0.6 is 23.1 Å². The minimum Gasteiger partial charge on any atom is -0.496 e. The number of hydrogen-bond donors (Lipinski definition) is 1. The highest BCUT2D eigenvalue weighted by Crippen LogP contribution is 2.55. The molecule has 2 aliphatic rings. The Hall–Kier alpha value is -4.68. The Kier molecular flexibility index (Phi) is 8.11. The average molecular weight is 630 g/mol. The number of rotatable bonds is 8. The Bertz CT molecular complexity index is 1820. The molecule has 1 aromatic heterocycles. The Labute approximate surface area is 260 Å². The molecule has 0 aliphatic carbocycles. The van der Waals surface area contributed by atoms with Gasteiger partial charge < -0.3 is 14.8 Å². The summed E-state index contributed by atoms with van der Waals surface area (Å²) in [7, 11) is 1.53. The number of anilines is 2. The molecule has 0 bridgehead atoms. The number of carbonyl (C=O) groups is 4. The fraction of sp³-hybridized carbons (Fsp3) is 0.219. The van der Waals surface area contributed by atoms with E-state index in [1.54, 1.807) is 61.5 Å². The third-order valence-electron chi connectivity index (χ3n) is 7.52. The molecule has 0 saturated carbocycles. The van der Waals surface area contributed by atoms with Crippen LogP contribution < -0.4 is 19.8 Å². The summed E-state index contributed by atoms with van der Waals surface area (Å²) in [5.74, 6) is -2.55. The third kappa shape index (κ3) is 5.20. The maximum absolute atomic E-state index is 14.0. The Morgan fingerprint density at radius 3 is 2.32 bits per heavy atom. The first-order chi connectivity index (χ1) is 21.3. The summed E-state index contributed by atoms with van der Waals surface area (Å²) in [5.41, 5.74) is 1.95. The minimum atomic E-state index is -0.816. The normalized spacial score (nSPS) is 18.9. The zero-order valence-corrected chi connectivity index (χ0v) is 25.4. The second-order valence-corrected chi connectivity index (χ2v) is 12.2. The van der Waals surface area contributed by atoms with Crippen LogP contribution in [-0.4, -0.2) is 47.2 Å². The monoisotopic (exact) mass is 629 g/mol. The van der Waals surface area contributed by atoms with E-state index in [0.717, 1.165) is 23.1 Å². The first kappa shape index (κ1) is 29.4. The first-order valence-corrected chi connectivity index (χ1v) is 15.5. The van der Waals surface area contributed by atoms with Crippen LogP contribution in [0, 0.1) is 5.92 Å². The summed E-state index contributed by atoms with van der Waals surface area (Å²) >= 11 is 2.11. The topological polar surface area (TPSA) is 124 Å². The van der Waals surface area contributed by atoms with Gasteiger partial charge in [-0.05, 0) is 49.4 Å². The maximum Gasteiger partial charge on any atom is 0.338 e. The van der Waals surface area contributed by atoms with E-state index in [1.807, 2.05) is 24.3 Å². The second-order valence-electron chi connectivity index (χ2n) is 10.1. The SMILES string of the molecule is CCOC(=O)c1ccc(NC(=O)Cn2c3c(sc2=O)C(c2ccccc2OC)C2C(=O)N(c4ccccc4)C(=O)C2S3)cc1. The van der Waals surface area contributed by atoms with Gasteiger partial charge in [0, 0.05) is 22.0 Å². The number of esters is 1. The average Bonchev–Trinajstić information content (AvgIpc) is 3.48. The molecule has 4 aromatic rings. The number of hydrogen-bond acceptors (Lipinski definition) is 9. The van der Waals surface area contributed by atoms with Crippen LogP contribution in [0.4, 0.5) is 11.4 Å². The van der Waals surface area contributed by atoms with E-state index >= 15 is 0 Å². The smallest absolute Gasteiger partial charge is 0.338 e. The highest BCUT2D eigenvalue weighted by atomic mass is 32.2. The maximum atomic E-state index is 14.0. The van der Waals surface area contributed by atoms with Crippen LogP contribution in [0.25, 0.3) is 0 Å². The van der Waals surface area contributed by atoms with Crippen molar-refractivity contribution in [1.29, 1.82) is 0 Å². The Balaban J connectivity index is 1.35. The molecular formula is C32H27N3O7S2. The number of nitrogens with one attached hydrogen (secondary N) is 1. The predicted octanol–water partition coefficient (Wildman–Crippen LogP) is 4.53. The summed E-state index contributed by atoms with van der Waals surface area (Å²) in [4.78, 5) is 67.8. The van der Waals surface area contributed by atoms with Gasteiger partial charge in [0.2, 0.25) is 17.7 Å². The van der Waals surface area contributed by atoms with Crippen molar-refractivity contribution in [3.05, 3.63) is 105 Å². The molecule has 3 amide bonds. The molecule has 1 N–H and O–H groups in total. The first-order valence-electron chi connectivity index (χ1n) is 13.8. The number of carbonyl (C=O) groups excluding carboxylic acids is 4. The number of thioether (sulfide) groups is 1. The van der Waals surface area contributed by atoms with E-state index in [4.69, 9.17) is 9.47 Å². The van der Waals surface area contributed by atoms with Gasteiger partial charge in [0.25, 0.3) is 0 Å². The standard InChI is InChI=1S/C32H27N3O7S2/c1-3-42-31(39)18-13-15-19(16-14-18)33-23(36)17-34-30-27(44-32(34)40)24(21-11-7-8-12-22(21)41-2)25-26(43-30)29(38)35(28(25)37)20-9-5-4-6-10-20/h4-16,24-26H,3,17H2,1-2H3,(H,33,36). The van der Waals surface area contributed by atoms with Gasteiger partial charge in [-0.25, -0.2) is 9.69 Å². The van der Waals surface area contributed by atoms with Gasteiger partial charge in [-0.2, -0.15) is 0 Å². The van der Waals surface area contributed by atoms with E-state index in [9.17, 15) is 24.0 Å². The van der Waals surface area contributed by atoms with Gasteiger partial charge in [0.15, 0.2) is 0 Å². The van der Waals surface area contributed by atoms with E-state index < -0.39 is 29.0 Å². The van der Waals surface area contributed by atoms with Crippen molar-refractivity contribution < 1.29 is 28.7 Å². The fourth-order valence-corrected chi connectivity index (χ4v) is 8.36. The third-order valence-corrected chi connectivity index (χ3v) is 10.1. The summed E-state index contributed by atoms with van der Waals surface area (Å²) in [6.45, 7) is 1.66. The minimum absolute atomic E-state index is 0.249. The molecule has 1 saturated heterocycles. The zero-order valence-electron chi connectivity index (χ0n) is 23.7. The van der Waals surface area contributed by atoms with Gasteiger partial charge in [0.1, 0.15) is 17.5 Å². The molecule has 0 spiro atoms. The number of fused-ring (bicyclic) bond motifs is 2. The van der Waals surface area contributed by atoms with Gasteiger partial charge in [-0.1, -0.05) is 59.5 Å². The van der Waals surface area contributed by atoms with Crippen LogP contribution in [0.3, 0.4) is 0 Å². The number of ether oxygens (including phenoxy) is 2. The fourth-order valence-electron chi connectivity index (χ4n) is 5.59.